The number of Topliss-reactive ketones (excluding diaryl/α,β-unsaturated/α-hetero) is 1. The SMILES string of the molecule is COCCN1C(=O)C(=O)/C(=C(\O)c2ccc(Br)c(C)c2)C1c1cccc(OC)c1. The van der Waals surface area contributed by atoms with E-state index in [1.807, 2.05) is 6.92 Å². The van der Waals surface area contributed by atoms with Crippen molar-refractivity contribution in [3.63, 3.8) is 0 Å². The highest BCUT2D eigenvalue weighted by Gasteiger charge is 2.46. The third-order valence-corrected chi connectivity index (χ3v) is 5.81. The number of ether oxygens (including phenoxy) is 2. The first kappa shape index (κ1) is 21.1. The lowest BCUT2D eigenvalue weighted by atomic mass is 9.94. The van der Waals surface area contributed by atoms with E-state index in [1.165, 1.54) is 12.0 Å². The quantitative estimate of drug-likeness (QED) is 0.403. The minimum Gasteiger partial charge on any atom is -0.507 e. The van der Waals surface area contributed by atoms with Crippen LogP contribution < -0.4 is 4.74 Å². The number of rotatable bonds is 6. The van der Waals surface area contributed by atoms with Crippen LogP contribution in [0, 0.1) is 6.92 Å². The largest absolute Gasteiger partial charge is 0.507 e. The number of aliphatic hydroxyl groups is 1. The number of hydrogen-bond donors (Lipinski definition) is 1. The fourth-order valence-corrected chi connectivity index (χ4v) is 3.65. The van der Waals surface area contributed by atoms with E-state index < -0.39 is 17.7 Å². The van der Waals surface area contributed by atoms with E-state index in [0.717, 1.165) is 10.0 Å². The maximum atomic E-state index is 12.9. The molecular weight excluding hydrogens is 438 g/mol. The molecule has 2 aromatic carbocycles. The molecule has 6 nitrogen and oxygen atoms in total. The highest BCUT2D eigenvalue weighted by Crippen LogP contribution is 2.40. The molecule has 1 fully saturated rings. The maximum absolute atomic E-state index is 12.9. The molecule has 1 saturated heterocycles. The molecule has 2 aromatic rings. The summed E-state index contributed by atoms with van der Waals surface area (Å²) in [5.74, 6) is -0.983. The first-order valence-electron chi connectivity index (χ1n) is 9.06. The highest BCUT2D eigenvalue weighted by atomic mass is 79.9. The predicted octanol–water partition coefficient (Wildman–Crippen LogP) is 3.83. The summed E-state index contributed by atoms with van der Waals surface area (Å²) in [6.07, 6.45) is 0. The van der Waals surface area contributed by atoms with Crippen LogP contribution in [0.25, 0.3) is 5.76 Å². The van der Waals surface area contributed by atoms with Gasteiger partial charge in [0.15, 0.2) is 0 Å². The Balaban J connectivity index is 2.19. The van der Waals surface area contributed by atoms with Gasteiger partial charge in [-0.25, -0.2) is 0 Å². The lowest BCUT2D eigenvalue weighted by Crippen LogP contribution is -2.32. The van der Waals surface area contributed by atoms with Crippen molar-refractivity contribution in [1.29, 1.82) is 0 Å². The van der Waals surface area contributed by atoms with Crippen molar-refractivity contribution in [2.24, 2.45) is 0 Å². The van der Waals surface area contributed by atoms with Crippen molar-refractivity contribution < 1.29 is 24.2 Å². The van der Waals surface area contributed by atoms with Crippen LogP contribution in [0.2, 0.25) is 0 Å². The monoisotopic (exact) mass is 459 g/mol. The topological polar surface area (TPSA) is 76.1 Å². The van der Waals surface area contributed by atoms with Gasteiger partial charge in [0.05, 0.1) is 25.3 Å². The summed E-state index contributed by atoms with van der Waals surface area (Å²) in [7, 11) is 3.08. The van der Waals surface area contributed by atoms with Crippen LogP contribution in [-0.2, 0) is 14.3 Å². The van der Waals surface area contributed by atoms with Crippen LogP contribution in [0.4, 0.5) is 0 Å². The molecule has 3 rings (SSSR count). The number of carbonyl (C=O) groups is 2. The summed E-state index contributed by atoms with van der Waals surface area (Å²) in [5, 5.41) is 11.0. The van der Waals surface area contributed by atoms with E-state index >= 15 is 0 Å². The van der Waals surface area contributed by atoms with Crippen molar-refractivity contribution in [2.45, 2.75) is 13.0 Å². The van der Waals surface area contributed by atoms with Crippen LogP contribution in [0.5, 0.6) is 5.75 Å². The second kappa shape index (κ2) is 8.80. The van der Waals surface area contributed by atoms with Crippen LogP contribution in [0.1, 0.15) is 22.7 Å². The standard InChI is InChI=1S/C22H22BrNO5/c1-13-11-15(7-8-17(13)23)20(25)18-19(14-5-4-6-16(12-14)29-3)24(9-10-28-2)22(27)21(18)26/h4-8,11-12,19,25H,9-10H2,1-3H3/b20-18-. The third kappa shape index (κ3) is 4.06. The summed E-state index contributed by atoms with van der Waals surface area (Å²) < 4.78 is 11.3. The van der Waals surface area contributed by atoms with Crippen molar-refractivity contribution in [3.8, 4) is 5.75 Å². The molecule has 0 aliphatic carbocycles. The molecule has 1 aliphatic rings. The fraction of sp³-hybridized carbons (Fsp3) is 0.273. The second-order valence-corrected chi connectivity index (χ2v) is 7.58. The number of carbonyl (C=O) groups excluding carboxylic acids is 2. The van der Waals surface area contributed by atoms with Gasteiger partial charge < -0.3 is 19.5 Å². The molecule has 1 N–H and O–H groups in total. The smallest absolute Gasteiger partial charge is 0.295 e. The van der Waals surface area contributed by atoms with Crippen molar-refractivity contribution in [3.05, 3.63) is 69.2 Å². The summed E-state index contributed by atoms with van der Waals surface area (Å²) in [6.45, 7) is 2.38. The van der Waals surface area contributed by atoms with E-state index in [4.69, 9.17) is 9.47 Å². The number of hydrogen-bond acceptors (Lipinski definition) is 5. The molecule has 1 unspecified atom stereocenters. The van der Waals surface area contributed by atoms with Crippen LogP contribution in [0.3, 0.4) is 0 Å². The number of benzene rings is 2. The number of aryl methyl sites for hydroxylation is 1. The van der Waals surface area contributed by atoms with E-state index in [1.54, 1.807) is 49.6 Å². The van der Waals surface area contributed by atoms with Gasteiger partial charge in [-0.1, -0.05) is 34.1 Å². The van der Waals surface area contributed by atoms with Gasteiger partial charge in [-0.2, -0.15) is 0 Å². The van der Waals surface area contributed by atoms with Gasteiger partial charge in [0.2, 0.25) is 0 Å². The van der Waals surface area contributed by atoms with Crippen LogP contribution in [-0.4, -0.2) is 49.1 Å². The van der Waals surface area contributed by atoms with Gasteiger partial charge in [0, 0.05) is 23.7 Å². The van der Waals surface area contributed by atoms with Gasteiger partial charge in [0.25, 0.3) is 11.7 Å². The number of methoxy groups -OCH3 is 2. The molecule has 29 heavy (non-hydrogen) atoms. The zero-order valence-electron chi connectivity index (χ0n) is 16.4. The van der Waals surface area contributed by atoms with Gasteiger partial charge in [0.1, 0.15) is 11.5 Å². The number of nitrogens with zero attached hydrogens (tertiary/aromatic N) is 1. The summed E-state index contributed by atoms with van der Waals surface area (Å²) >= 11 is 3.43. The van der Waals surface area contributed by atoms with Crippen LogP contribution >= 0.6 is 15.9 Å². The molecule has 0 spiro atoms. The molecule has 1 atom stereocenters. The Labute approximate surface area is 177 Å². The summed E-state index contributed by atoms with van der Waals surface area (Å²) in [6, 6.07) is 11.7. The molecule has 0 bridgehead atoms. The Bertz CT molecular complexity index is 985. The lowest BCUT2D eigenvalue weighted by molar-refractivity contribution is -0.140. The number of aliphatic hydroxyl groups excluding tert-OH is 1. The molecule has 0 saturated carbocycles. The molecule has 7 heteroatoms. The van der Waals surface area contributed by atoms with Gasteiger partial charge in [-0.3, -0.25) is 9.59 Å². The molecule has 1 aliphatic heterocycles. The Kier molecular flexibility index (Phi) is 6.39. The molecule has 0 radical (unpaired) electrons. The predicted molar refractivity (Wildman–Crippen MR) is 113 cm³/mol. The summed E-state index contributed by atoms with van der Waals surface area (Å²) in [4.78, 5) is 27.1. The molecule has 1 amide bonds. The minimum atomic E-state index is -0.732. The van der Waals surface area contributed by atoms with Gasteiger partial charge in [-0.15, -0.1) is 0 Å². The first-order chi connectivity index (χ1) is 13.9. The molecule has 0 aromatic heterocycles. The van der Waals surface area contributed by atoms with E-state index in [0.29, 0.717) is 16.9 Å². The number of halogens is 1. The summed E-state index contributed by atoms with van der Waals surface area (Å²) in [5.41, 5.74) is 2.11. The molecular formula is C22H22BrNO5. The Morgan fingerprint density at radius 1 is 1.17 bits per heavy atom. The van der Waals surface area contributed by atoms with Crippen molar-refractivity contribution in [2.75, 3.05) is 27.4 Å². The Morgan fingerprint density at radius 3 is 2.59 bits per heavy atom. The van der Waals surface area contributed by atoms with E-state index in [-0.39, 0.29) is 24.5 Å². The van der Waals surface area contributed by atoms with Gasteiger partial charge >= 0.3 is 0 Å². The fourth-order valence-electron chi connectivity index (χ4n) is 3.41. The second-order valence-electron chi connectivity index (χ2n) is 6.73. The highest BCUT2D eigenvalue weighted by molar-refractivity contribution is 9.10. The van der Waals surface area contributed by atoms with Crippen LogP contribution in [0.15, 0.2) is 52.5 Å². The Hall–Kier alpha value is -2.64. The molecule has 1 heterocycles. The molecule has 152 valence electrons. The Morgan fingerprint density at radius 2 is 1.93 bits per heavy atom. The first-order valence-corrected chi connectivity index (χ1v) is 9.86. The number of ketones is 1. The van der Waals surface area contributed by atoms with E-state index in [9.17, 15) is 14.7 Å². The zero-order chi connectivity index (χ0) is 21.1. The third-order valence-electron chi connectivity index (χ3n) is 4.92. The van der Waals surface area contributed by atoms with E-state index in [2.05, 4.69) is 15.9 Å². The normalized spacial score (nSPS) is 18.3. The number of likely N-dealkylation sites (tertiary alicyclic amines) is 1. The number of amides is 1. The zero-order valence-corrected chi connectivity index (χ0v) is 18.0. The van der Waals surface area contributed by atoms with Crippen molar-refractivity contribution >= 4 is 33.4 Å². The minimum absolute atomic E-state index is 0.0566. The van der Waals surface area contributed by atoms with Gasteiger partial charge in [-0.05, 0) is 42.3 Å². The average Bonchev–Trinajstić information content (AvgIpc) is 2.98. The average molecular weight is 460 g/mol. The van der Waals surface area contributed by atoms with Crippen molar-refractivity contribution in [1.82, 2.24) is 4.90 Å². The maximum Gasteiger partial charge on any atom is 0.295 e. The lowest BCUT2D eigenvalue weighted by Gasteiger charge is -2.25.